The quantitative estimate of drug-likeness (QED) is 0.799. The van der Waals surface area contributed by atoms with Crippen molar-refractivity contribution in [3.63, 3.8) is 0 Å². The number of amides is 2. The lowest BCUT2D eigenvalue weighted by Crippen LogP contribution is -2.44. The van der Waals surface area contributed by atoms with Crippen LogP contribution in [0.3, 0.4) is 0 Å². The Labute approximate surface area is 143 Å². The van der Waals surface area contributed by atoms with Gasteiger partial charge in [-0.15, -0.1) is 0 Å². The van der Waals surface area contributed by atoms with Crippen molar-refractivity contribution in [2.45, 2.75) is 31.5 Å². The van der Waals surface area contributed by atoms with Crippen LogP contribution in [-0.4, -0.2) is 42.5 Å². The van der Waals surface area contributed by atoms with Gasteiger partial charge in [0, 0.05) is 43.5 Å². The normalized spacial score (nSPS) is 18.2. The first-order valence-electron chi connectivity index (χ1n) is 7.93. The van der Waals surface area contributed by atoms with Crippen molar-refractivity contribution in [1.82, 2.24) is 10.2 Å². The van der Waals surface area contributed by atoms with E-state index in [0.717, 1.165) is 4.90 Å². The molecule has 1 heterocycles. The standard InChI is InChI=1S/C17H20F3N3O2/c1-21-13(11-15(24)22-12-6-3-2-4-7-12)10-14-8-5-9-23(14)16(25)17(18,19)20/h2-4,6-7,11,14,21H,5,8-10H2,1H3,(H,22,24)/b13-11-/t14-/m1/s1. The summed E-state index contributed by atoms with van der Waals surface area (Å²) in [7, 11) is 1.59. The average molecular weight is 355 g/mol. The Bertz CT molecular complexity index is 644. The Morgan fingerprint density at radius 1 is 1.28 bits per heavy atom. The van der Waals surface area contributed by atoms with Crippen LogP contribution in [-0.2, 0) is 9.59 Å². The number of nitrogens with zero attached hydrogens (tertiary/aromatic N) is 1. The molecule has 0 bridgehead atoms. The van der Waals surface area contributed by atoms with Crippen LogP contribution < -0.4 is 10.6 Å². The summed E-state index contributed by atoms with van der Waals surface area (Å²) in [6.07, 6.45) is -2.42. The molecule has 2 amide bonds. The van der Waals surface area contributed by atoms with Crippen molar-refractivity contribution in [3.8, 4) is 0 Å². The molecule has 0 spiro atoms. The van der Waals surface area contributed by atoms with Crippen molar-refractivity contribution < 1.29 is 22.8 Å². The van der Waals surface area contributed by atoms with E-state index in [0.29, 0.717) is 24.2 Å². The molecule has 1 atom stereocenters. The highest BCUT2D eigenvalue weighted by Crippen LogP contribution is 2.28. The summed E-state index contributed by atoms with van der Waals surface area (Å²) in [4.78, 5) is 24.4. The fourth-order valence-corrected chi connectivity index (χ4v) is 2.82. The molecule has 0 radical (unpaired) electrons. The van der Waals surface area contributed by atoms with Gasteiger partial charge in [-0.3, -0.25) is 9.59 Å². The van der Waals surface area contributed by atoms with Crippen LogP contribution in [0.15, 0.2) is 42.1 Å². The van der Waals surface area contributed by atoms with Crippen molar-refractivity contribution in [1.29, 1.82) is 0 Å². The number of carbonyl (C=O) groups is 2. The van der Waals surface area contributed by atoms with Crippen molar-refractivity contribution in [3.05, 3.63) is 42.1 Å². The minimum Gasteiger partial charge on any atom is -0.391 e. The SMILES string of the molecule is CN/C(=C\C(=O)Nc1ccccc1)C[C@H]1CCCN1C(=O)C(F)(F)F. The van der Waals surface area contributed by atoms with E-state index in [1.165, 1.54) is 6.08 Å². The number of rotatable bonds is 5. The number of nitrogens with one attached hydrogen (secondary N) is 2. The Kier molecular flexibility index (Phi) is 6.06. The summed E-state index contributed by atoms with van der Waals surface area (Å²) in [5.74, 6) is -2.21. The molecule has 0 aliphatic carbocycles. The van der Waals surface area contributed by atoms with Crippen molar-refractivity contribution in [2.75, 3.05) is 18.9 Å². The number of para-hydroxylation sites is 1. The van der Waals surface area contributed by atoms with E-state index in [4.69, 9.17) is 0 Å². The minimum absolute atomic E-state index is 0.0796. The van der Waals surface area contributed by atoms with Gasteiger partial charge >= 0.3 is 12.1 Å². The van der Waals surface area contributed by atoms with E-state index in [1.807, 2.05) is 6.07 Å². The third kappa shape index (κ3) is 5.23. The van der Waals surface area contributed by atoms with E-state index in [-0.39, 0.29) is 18.9 Å². The second kappa shape index (κ2) is 8.04. The van der Waals surface area contributed by atoms with Crippen LogP contribution in [0.4, 0.5) is 18.9 Å². The third-order valence-electron chi connectivity index (χ3n) is 4.00. The molecular formula is C17H20F3N3O2. The molecule has 2 N–H and O–H groups in total. The summed E-state index contributed by atoms with van der Waals surface area (Å²) < 4.78 is 38.0. The largest absolute Gasteiger partial charge is 0.471 e. The monoisotopic (exact) mass is 355 g/mol. The first-order chi connectivity index (χ1) is 11.8. The van der Waals surface area contributed by atoms with Crippen LogP contribution in [0.1, 0.15) is 19.3 Å². The first-order valence-corrected chi connectivity index (χ1v) is 7.93. The fraction of sp³-hybridized carbons (Fsp3) is 0.412. The molecule has 1 aliphatic heterocycles. The third-order valence-corrected chi connectivity index (χ3v) is 4.00. The lowest BCUT2D eigenvalue weighted by Gasteiger charge is -2.26. The maximum atomic E-state index is 12.7. The number of anilines is 1. The van der Waals surface area contributed by atoms with Crippen LogP contribution in [0, 0.1) is 0 Å². The molecule has 5 nitrogen and oxygen atoms in total. The lowest BCUT2D eigenvalue weighted by molar-refractivity contribution is -0.186. The van der Waals surface area contributed by atoms with E-state index in [2.05, 4.69) is 10.6 Å². The Morgan fingerprint density at radius 3 is 2.56 bits per heavy atom. The highest BCUT2D eigenvalue weighted by molar-refractivity contribution is 5.99. The van der Waals surface area contributed by atoms with Crippen LogP contribution in [0.2, 0.25) is 0 Å². The van der Waals surface area contributed by atoms with E-state index in [1.54, 1.807) is 31.3 Å². The summed E-state index contributed by atoms with van der Waals surface area (Å²) in [6.45, 7) is 0.0796. The molecule has 25 heavy (non-hydrogen) atoms. The number of benzene rings is 1. The predicted molar refractivity (Wildman–Crippen MR) is 87.6 cm³/mol. The molecule has 1 aliphatic rings. The van der Waals surface area contributed by atoms with Gasteiger partial charge in [0.1, 0.15) is 0 Å². The van der Waals surface area contributed by atoms with Gasteiger partial charge < -0.3 is 15.5 Å². The molecule has 1 aromatic carbocycles. The molecular weight excluding hydrogens is 335 g/mol. The molecule has 8 heteroatoms. The van der Waals surface area contributed by atoms with Gasteiger partial charge in [-0.1, -0.05) is 18.2 Å². The minimum atomic E-state index is -4.88. The molecule has 0 unspecified atom stereocenters. The van der Waals surface area contributed by atoms with E-state index < -0.39 is 18.1 Å². The molecule has 0 saturated carbocycles. The van der Waals surface area contributed by atoms with Gasteiger partial charge in [0.05, 0.1) is 0 Å². The summed E-state index contributed by atoms with van der Waals surface area (Å²) in [5, 5.41) is 5.50. The number of likely N-dealkylation sites (tertiary alicyclic amines) is 1. The fourth-order valence-electron chi connectivity index (χ4n) is 2.82. The second-order valence-electron chi connectivity index (χ2n) is 5.77. The highest BCUT2D eigenvalue weighted by atomic mass is 19.4. The average Bonchev–Trinajstić information content (AvgIpc) is 3.01. The van der Waals surface area contributed by atoms with Crippen LogP contribution in [0.5, 0.6) is 0 Å². The molecule has 1 saturated heterocycles. The van der Waals surface area contributed by atoms with Crippen molar-refractivity contribution in [2.24, 2.45) is 0 Å². The Hall–Kier alpha value is -2.51. The maximum absolute atomic E-state index is 12.7. The zero-order chi connectivity index (χ0) is 18.4. The number of hydrogen-bond acceptors (Lipinski definition) is 3. The molecule has 2 rings (SSSR count). The first kappa shape index (κ1) is 18.8. The van der Waals surface area contributed by atoms with Crippen LogP contribution >= 0.6 is 0 Å². The van der Waals surface area contributed by atoms with Gasteiger partial charge in [-0.2, -0.15) is 13.2 Å². The molecule has 1 aromatic rings. The van der Waals surface area contributed by atoms with Gasteiger partial charge in [0.15, 0.2) is 0 Å². The summed E-state index contributed by atoms with van der Waals surface area (Å²) in [6, 6.07) is 8.25. The number of hydrogen-bond donors (Lipinski definition) is 2. The maximum Gasteiger partial charge on any atom is 0.471 e. The van der Waals surface area contributed by atoms with Gasteiger partial charge in [-0.05, 0) is 25.0 Å². The summed E-state index contributed by atoms with van der Waals surface area (Å²) in [5.41, 5.74) is 1.09. The number of halogens is 3. The van der Waals surface area contributed by atoms with Crippen molar-refractivity contribution >= 4 is 17.5 Å². The molecule has 1 fully saturated rings. The van der Waals surface area contributed by atoms with Gasteiger partial charge in [-0.25, -0.2) is 0 Å². The number of carbonyl (C=O) groups excluding carboxylic acids is 2. The Morgan fingerprint density at radius 2 is 1.96 bits per heavy atom. The van der Waals surface area contributed by atoms with Gasteiger partial charge in [0.25, 0.3) is 0 Å². The smallest absolute Gasteiger partial charge is 0.391 e. The number of alkyl halides is 3. The topological polar surface area (TPSA) is 61.4 Å². The highest BCUT2D eigenvalue weighted by Gasteiger charge is 2.45. The van der Waals surface area contributed by atoms with Crippen LogP contribution in [0.25, 0.3) is 0 Å². The van der Waals surface area contributed by atoms with E-state index in [9.17, 15) is 22.8 Å². The second-order valence-corrected chi connectivity index (χ2v) is 5.77. The summed E-state index contributed by atoms with van der Waals surface area (Å²) >= 11 is 0. The Balaban J connectivity index is 2.02. The lowest BCUT2D eigenvalue weighted by atomic mass is 10.1. The zero-order valence-corrected chi connectivity index (χ0v) is 13.8. The molecule has 136 valence electrons. The van der Waals surface area contributed by atoms with E-state index >= 15 is 0 Å². The van der Waals surface area contributed by atoms with Gasteiger partial charge in [0.2, 0.25) is 5.91 Å². The zero-order valence-electron chi connectivity index (χ0n) is 13.8. The molecule has 0 aromatic heterocycles. The predicted octanol–water partition coefficient (Wildman–Crippen LogP) is 2.67.